The number of Topliss-reactive ketones (excluding diaryl/α,β-unsaturated/α-hetero) is 1. The van der Waals surface area contributed by atoms with Crippen LogP contribution in [0.4, 0.5) is 0 Å². The van der Waals surface area contributed by atoms with E-state index in [0.29, 0.717) is 18.6 Å². The minimum absolute atomic E-state index is 0.135. The SMILES string of the molecule is CSc1ccc(C(=O)CCc2cc(C)c(OC(C)(C)C(=O)OC(C)C)c(C)c2)cc1. The Morgan fingerprint density at radius 1 is 1.03 bits per heavy atom. The van der Waals surface area contributed by atoms with E-state index < -0.39 is 11.6 Å². The van der Waals surface area contributed by atoms with Crippen molar-refractivity contribution in [2.24, 2.45) is 0 Å². The third-order valence-electron chi connectivity index (χ3n) is 4.76. The van der Waals surface area contributed by atoms with Crippen molar-refractivity contribution in [1.29, 1.82) is 0 Å². The number of carbonyl (C=O) groups excluding carboxylic acids is 2. The second-order valence-electron chi connectivity index (χ2n) is 8.28. The summed E-state index contributed by atoms with van der Waals surface area (Å²) in [5, 5.41) is 0. The Bertz CT molecular complexity index is 875. The number of carbonyl (C=O) groups is 2. The summed E-state index contributed by atoms with van der Waals surface area (Å²) < 4.78 is 11.4. The molecule has 0 aliphatic heterocycles. The van der Waals surface area contributed by atoms with Crippen LogP contribution in [0.15, 0.2) is 41.3 Å². The maximum atomic E-state index is 12.5. The Balaban J connectivity index is 2.08. The van der Waals surface area contributed by atoms with Gasteiger partial charge in [0.25, 0.3) is 0 Å². The van der Waals surface area contributed by atoms with Crippen molar-refractivity contribution < 1.29 is 19.1 Å². The van der Waals surface area contributed by atoms with Crippen LogP contribution in [0.3, 0.4) is 0 Å². The second-order valence-corrected chi connectivity index (χ2v) is 9.16. The Morgan fingerprint density at radius 3 is 2.10 bits per heavy atom. The first-order chi connectivity index (χ1) is 14.0. The van der Waals surface area contributed by atoms with E-state index in [9.17, 15) is 9.59 Å². The molecule has 0 fully saturated rings. The second kappa shape index (κ2) is 10.2. The molecule has 0 spiro atoms. The number of rotatable bonds is 9. The van der Waals surface area contributed by atoms with Gasteiger partial charge in [-0.3, -0.25) is 4.79 Å². The van der Waals surface area contributed by atoms with Gasteiger partial charge in [-0.25, -0.2) is 4.79 Å². The Morgan fingerprint density at radius 2 is 1.60 bits per heavy atom. The van der Waals surface area contributed by atoms with Gasteiger partial charge in [0, 0.05) is 16.9 Å². The van der Waals surface area contributed by atoms with Crippen LogP contribution in [0, 0.1) is 13.8 Å². The zero-order chi connectivity index (χ0) is 22.5. The van der Waals surface area contributed by atoms with E-state index >= 15 is 0 Å². The van der Waals surface area contributed by atoms with E-state index in [-0.39, 0.29) is 11.9 Å². The Labute approximate surface area is 184 Å². The van der Waals surface area contributed by atoms with Crippen molar-refractivity contribution >= 4 is 23.5 Å². The molecule has 0 unspecified atom stereocenters. The predicted molar refractivity (Wildman–Crippen MR) is 123 cm³/mol. The summed E-state index contributed by atoms with van der Waals surface area (Å²) in [4.78, 5) is 26.0. The topological polar surface area (TPSA) is 52.6 Å². The lowest BCUT2D eigenvalue weighted by Crippen LogP contribution is -2.41. The van der Waals surface area contributed by atoms with Gasteiger partial charge in [-0.1, -0.05) is 24.3 Å². The molecule has 162 valence electrons. The van der Waals surface area contributed by atoms with Crippen LogP contribution in [0.25, 0.3) is 0 Å². The maximum Gasteiger partial charge on any atom is 0.350 e. The van der Waals surface area contributed by atoms with Gasteiger partial charge in [-0.15, -0.1) is 11.8 Å². The maximum absolute atomic E-state index is 12.5. The minimum Gasteiger partial charge on any atom is -0.476 e. The highest BCUT2D eigenvalue weighted by Gasteiger charge is 2.33. The number of esters is 1. The summed E-state index contributed by atoms with van der Waals surface area (Å²) in [7, 11) is 0. The molecule has 0 aromatic heterocycles. The van der Waals surface area contributed by atoms with E-state index in [4.69, 9.17) is 9.47 Å². The highest BCUT2D eigenvalue weighted by atomic mass is 32.2. The summed E-state index contributed by atoms with van der Waals surface area (Å²) >= 11 is 1.66. The van der Waals surface area contributed by atoms with Crippen molar-refractivity contribution in [1.82, 2.24) is 0 Å². The first kappa shape index (κ1) is 24.0. The molecule has 0 radical (unpaired) electrons. The van der Waals surface area contributed by atoms with Crippen molar-refractivity contribution in [3.8, 4) is 5.75 Å². The van der Waals surface area contributed by atoms with E-state index in [1.807, 2.05) is 70.3 Å². The smallest absolute Gasteiger partial charge is 0.350 e. The fraction of sp³-hybridized carbons (Fsp3) is 0.440. The largest absolute Gasteiger partial charge is 0.476 e. The van der Waals surface area contributed by atoms with Gasteiger partial charge in [0.1, 0.15) is 5.75 Å². The zero-order valence-electron chi connectivity index (χ0n) is 19.0. The number of hydrogen-bond donors (Lipinski definition) is 0. The summed E-state index contributed by atoms with van der Waals surface area (Å²) in [5.74, 6) is 0.428. The molecule has 0 heterocycles. The molecule has 5 heteroatoms. The first-order valence-corrected chi connectivity index (χ1v) is 11.4. The number of aryl methyl sites for hydroxylation is 3. The fourth-order valence-electron chi connectivity index (χ4n) is 3.18. The molecule has 4 nitrogen and oxygen atoms in total. The number of ketones is 1. The van der Waals surface area contributed by atoms with Crippen molar-refractivity contribution in [2.45, 2.75) is 71.0 Å². The van der Waals surface area contributed by atoms with E-state index in [1.165, 1.54) is 0 Å². The fourth-order valence-corrected chi connectivity index (χ4v) is 3.59. The van der Waals surface area contributed by atoms with E-state index in [2.05, 4.69) is 0 Å². The normalized spacial score (nSPS) is 11.5. The van der Waals surface area contributed by atoms with Crippen LogP contribution in [0.1, 0.15) is 61.2 Å². The lowest BCUT2D eigenvalue weighted by Gasteiger charge is -2.27. The van der Waals surface area contributed by atoms with Crippen molar-refractivity contribution in [2.75, 3.05) is 6.26 Å². The first-order valence-electron chi connectivity index (χ1n) is 10.2. The monoisotopic (exact) mass is 428 g/mol. The predicted octanol–water partition coefficient (Wildman–Crippen LogP) is 5.95. The number of thioether (sulfide) groups is 1. The Kier molecular flexibility index (Phi) is 8.13. The van der Waals surface area contributed by atoms with Crippen LogP contribution in [-0.4, -0.2) is 29.7 Å². The van der Waals surface area contributed by atoms with E-state index in [0.717, 1.165) is 27.1 Å². The third-order valence-corrected chi connectivity index (χ3v) is 5.51. The summed E-state index contributed by atoms with van der Waals surface area (Å²) in [5.41, 5.74) is 2.61. The van der Waals surface area contributed by atoms with Crippen LogP contribution in [0.2, 0.25) is 0 Å². The molecular weight excluding hydrogens is 396 g/mol. The zero-order valence-corrected chi connectivity index (χ0v) is 19.8. The molecule has 30 heavy (non-hydrogen) atoms. The quantitative estimate of drug-likeness (QED) is 0.281. The van der Waals surface area contributed by atoms with Crippen LogP contribution < -0.4 is 4.74 Å². The average Bonchev–Trinajstić information content (AvgIpc) is 2.68. The van der Waals surface area contributed by atoms with Crippen LogP contribution in [-0.2, 0) is 16.0 Å². The molecule has 2 aromatic carbocycles. The number of hydrogen-bond acceptors (Lipinski definition) is 5. The highest BCUT2D eigenvalue weighted by Crippen LogP contribution is 2.30. The molecule has 0 N–H and O–H groups in total. The van der Waals surface area contributed by atoms with Gasteiger partial charge in [0.2, 0.25) is 0 Å². The molecule has 0 aliphatic carbocycles. The number of benzene rings is 2. The van der Waals surface area contributed by atoms with Crippen LogP contribution >= 0.6 is 11.8 Å². The van der Waals surface area contributed by atoms with Gasteiger partial charge < -0.3 is 9.47 Å². The van der Waals surface area contributed by atoms with Crippen molar-refractivity contribution in [3.05, 3.63) is 58.7 Å². The molecule has 0 amide bonds. The molecule has 2 aromatic rings. The van der Waals surface area contributed by atoms with Gasteiger partial charge in [-0.05, 0) is 83.0 Å². The van der Waals surface area contributed by atoms with Gasteiger partial charge >= 0.3 is 5.97 Å². The Hall–Kier alpha value is -2.27. The highest BCUT2D eigenvalue weighted by molar-refractivity contribution is 7.98. The van der Waals surface area contributed by atoms with Gasteiger partial charge in [0.05, 0.1) is 6.10 Å². The van der Waals surface area contributed by atoms with E-state index in [1.54, 1.807) is 25.6 Å². The van der Waals surface area contributed by atoms with Gasteiger partial charge in [0.15, 0.2) is 11.4 Å². The summed E-state index contributed by atoms with van der Waals surface area (Å²) in [6.07, 6.45) is 2.93. The summed E-state index contributed by atoms with van der Waals surface area (Å²) in [6, 6.07) is 11.8. The van der Waals surface area contributed by atoms with Crippen molar-refractivity contribution in [3.63, 3.8) is 0 Å². The summed E-state index contributed by atoms with van der Waals surface area (Å²) in [6.45, 7) is 11.0. The molecule has 2 rings (SSSR count). The standard InChI is InChI=1S/C25H32O4S/c1-16(2)28-24(27)25(5,6)29-23-17(3)14-19(15-18(23)4)8-13-22(26)20-9-11-21(30-7)12-10-20/h9-12,14-16H,8,13H2,1-7H3. The molecular formula is C25H32O4S. The average molecular weight is 429 g/mol. The lowest BCUT2D eigenvalue weighted by atomic mass is 9.98. The number of ether oxygens (including phenoxy) is 2. The molecule has 0 bridgehead atoms. The molecule has 0 aliphatic rings. The van der Waals surface area contributed by atoms with Gasteiger partial charge in [-0.2, -0.15) is 0 Å². The lowest BCUT2D eigenvalue weighted by molar-refractivity contribution is -0.163. The molecule has 0 saturated heterocycles. The minimum atomic E-state index is -1.08. The molecule has 0 saturated carbocycles. The molecule has 0 atom stereocenters. The van der Waals surface area contributed by atoms with Crippen LogP contribution in [0.5, 0.6) is 5.75 Å². The third kappa shape index (κ3) is 6.36.